The maximum atomic E-state index is 15.1. The monoisotopic (exact) mass is 619 g/mol. The third-order valence-electron chi connectivity index (χ3n) is 6.67. The SMILES string of the molecule is COc1cc2c(Oc3ccc(NC(=O)C4(C(=O)Nc5cccc(Cl)c5)CC4)cc3F)ccnc2cc1OCCC(=O)O.[H-].[H-].[Mg+2]. The minimum Gasteiger partial charge on any atom is -1.00 e. The molecule has 1 saturated carbocycles. The molecule has 1 aliphatic carbocycles. The molecular formula is C30H27ClFMgN3O7. The van der Waals surface area contributed by atoms with Crippen molar-refractivity contribution in [3.05, 3.63) is 77.7 Å². The third-order valence-corrected chi connectivity index (χ3v) is 6.91. The number of anilines is 2. The summed E-state index contributed by atoms with van der Waals surface area (Å²) < 4.78 is 31.9. The molecule has 43 heavy (non-hydrogen) atoms. The normalized spacial score (nSPS) is 12.9. The van der Waals surface area contributed by atoms with E-state index in [4.69, 9.17) is 30.9 Å². The molecular weight excluding hydrogens is 593 g/mol. The van der Waals surface area contributed by atoms with Crippen LogP contribution in [0.4, 0.5) is 15.8 Å². The first kappa shape index (κ1) is 31.8. The molecule has 10 nitrogen and oxygen atoms in total. The molecule has 1 aromatic heterocycles. The zero-order valence-corrected chi connectivity index (χ0v) is 25.2. The Bertz CT molecular complexity index is 1710. The van der Waals surface area contributed by atoms with E-state index in [0.717, 1.165) is 6.07 Å². The number of carboxylic acid groups (broad SMARTS) is 1. The molecule has 1 fully saturated rings. The summed E-state index contributed by atoms with van der Waals surface area (Å²) in [5.74, 6) is -1.95. The molecule has 0 saturated heterocycles. The van der Waals surface area contributed by atoms with Crippen molar-refractivity contribution in [1.29, 1.82) is 0 Å². The van der Waals surface area contributed by atoms with E-state index >= 15 is 4.39 Å². The number of fused-ring (bicyclic) bond motifs is 1. The molecule has 0 bridgehead atoms. The van der Waals surface area contributed by atoms with E-state index in [0.29, 0.717) is 46.0 Å². The molecule has 4 aromatic rings. The van der Waals surface area contributed by atoms with Gasteiger partial charge in [-0.15, -0.1) is 0 Å². The van der Waals surface area contributed by atoms with Gasteiger partial charge in [0.2, 0.25) is 11.8 Å². The number of carboxylic acids is 1. The van der Waals surface area contributed by atoms with Gasteiger partial charge < -0.3 is 32.8 Å². The van der Waals surface area contributed by atoms with Crippen LogP contribution >= 0.6 is 11.6 Å². The molecule has 220 valence electrons. The smallest absolute Gasteiger partial charge is 1.00 e. The topological polar surface area (TPSA) is 136 Å². The average molecular weight is 620 g/mol. The Hall–Kier alpha value is -4.13. The van der Waals surface area contributed by atoms with E-state index in [9.17, 15) is 14.4 Å². The van der Waals surface area contributed by atoms with E-state index in [1.165, 1.54) is 25.4 Å². The van der Waals surface area contributed by atoms with E-state index < -0.39 is 29.0 Å². The summed E-state index contributed by atoms with van der Waals surface area (Å²) in [6.07, 6.45) is 2.01. The fourth-order valence-corrected chi connectivity index (χ4v) is 4.46. The number of carbonyl (C=O) groups excluding carboxylic acids is 2. The number of nitrogens with one attached hydrogen (secondary N) is 2. The van der Waals surface area contributed by atoms with Gasteiger partial charge in [-0.2, -0.15) is 0 Å². The van der Waals surface area contributed by atoms with Gasteiger partial charge in [-0.05, 0) is 55.3 Å². The van der Waals surface area contributed by atoms with Crippen LogP contribution in [0.1, 0.15) is 22.1 Å². The van der Waals surface area contributed by atoms with Crippen LogP contribution in [0, 0.1) is 11.2 Å². The molecule has 5 rings (SSSR count). The van der Waals surface area contributed by atoms with Crippen molar-refractivity contribution < 1.29 is 40.9 Å². The number of hydrogen-bond acceptors (Lipinski definition) is 7. The number of methoxy groups -OCH3 is 1. The van der Waals surface area contributed by atoms with Gasteiger partial charge in [-0.1, -0.05) is 17.7 Å². The molecule has 3 aromatic carbocycles. The molecule has 13 heteroatoms. The van der Waals surface area contributed by atoms with Crippen molar-refractivity contribution in [2.45, 2.75) is 19.3 Å². The zero-order valence-electron chi connectivity index (χ0n) is 25.0. The Balaban J connectivity index is 0.00000235. The summed E-state index contributed by atoms with van der Waals surface area (Å²) >= 11 is 5.97. The first-order valence-electron chi connectivity index (χ1n) is 12.9. The second-order valence-corrected chi connectivity index (χ2v) is 10.0. The Kier molecular flexibility index (Phi) is 9.94. The number of pyridine rings is 1. The summed E-state index contributed by atoms with van der Waals surface area (Å²) in [7, 11) is 1.43. The van der Waals surface area contributed by atoms with Crippen molar-refractivity contribution >= 4 is 74.7 Å². The Morgan fingerprint density at radius 1 is 0.977 bits per heavy atom. The molecule has 0 unspecified atom stereocenters. The third kappa shape index (κ3) is 7.27. The Morgan fingerprint density at radius 3 is 2.33 bits per heavy atom. The Labute approximate surface area is 269 Å². The number of benzene rings is 3. The van der Waals surface area contributed by atoms with Gasteiger partial charge in [-0.3, -0.25) is 19.4 Å². The van der Waals surface area contributed by atoms with Gasteiger partial charge in [0.1, 0.15) is 11.2 Å². The number of aromatic nitrogens is 1. The number of carbonyl (C=O) groups is 3. The fraction of sp³-hybridized carbons (Fsp3) is 0.200. The molecule has 3 N–H and O–H groups in total. The van der Waals surface area contributed by atoms with Gasteiger partial charge in [0, 0.05) is 40.1 Å². The van der Waals surface area contributed by atoms with Crippen LogP contribution in [0.5, 0.6) is 23.0 Å². The second-order valence-electron chi connectivity index (χ2n) is 9.57. The van der Waals surface area contributed by atoms with Gasteiger partial charge in [0.25, 0.3) is 0 Å². The molecule has 0 spiro atoms. The van der Waals surface area contributed by atoms with Crippen LogP contribution < -0.4 is 24.8 Å². The second kappa shape index (κ2) is 13.4. The van der Waals surface area contributed by atoms with Gasteiger partial charge in [0.05, 0.1) is 25.7 Å². The molecule has 0 atom stereocenters. The van der Waals surface area contributed by atoms with Crippen LogP contribution in [0.3, 0.4) is 0 Å². The largest absolute Gasteiger partial charge is 2.00 e. The maximum absolute atomic E-state index is 15.1. The number of nitrogens with zero attached hydrogens (tertiary/aromatic N) is 1. The van der Waals surface area contributed by atoms with Crippen LogP contribution in [0.15, 0.2) is 66.9 Å². The molecule has 0 aliphatic heterocycles. The summed E-state index contributed by atoms with van der Waals surface area (Å²) in [6.45, 7) is -0.0603. The van der Waals surface area contributed by atoms with Crippen molar-refractivity contribution in [3.63, 3.8) is 0 Å². The maximum Gasteiger partial charge on any atom is 2.00 e. The Morgan fingerprint density at radius 2 is 1.70 bits per heavy atom. The number of amides is 2. The van der Waals surface area contributed by atoms with Gasteiger partial charge >= 0.3 is 29.0 Å². The summed E-state index contributed by atoms with van der Waals surface area (Å²) in [4.78, 5) is 41.0. The van der Waals surface area contributed by atoms with E-state index in [1.807, 2.05) is 0 Å². The number of halogens is 2. The first-order valence-corrected chi connectivity index (χ1v) is 13.2. The minimum atomic E-state index is -1.25. The van der Waals surface area contributed by atoms with Crippen molar-refractivity contribution in [2.24, 2.45) is 5.41 Å². The van der Waals surface area contributed by atoms with Crippen LogP contribution in [-0.4, -0.2) is 64.6 Å². The van der Waals surface area contributed by atoms with Crippen molar-refractivity contribution in [3.8, 4) is 23.0 Å². The fourth-order valence-electron chi connectivity index (χ4n) is 4.27. The van der Waals surface area contributed by atoms with Crippen molar-refractivity contribution in [1.82, 2.24) is 4.98 Å². The minimum absolute atomic E-state index is 0. The molecule has 0 radical (unpaired) electrons. The standard InChI is InChI=1S/C30H25ClFN3O7.Mg.2H/c1-40-25-15-20-22(16-26(25)41-12-8-27(36)37)33-11-7-23(20)42-24-6-5-19(14-21(24)32)35-29(39)30(9-10-30)28(38)34-18-4-2-3-17(31)13-18;;;/h2-7,11,13-16H,8-10,12H2,1H3,(H,34,38)(H,35,39)(H,36,37);;;/q;+2;2*-1. The van der Waals surface area contributed by atoms with Crippen LogP contribution in [0.2, 0.25) is 5.02 Å². The predicted octanol–water partition coefficient (Wildman–Crippen LogP) is 5.88. The summed E-state index contributed by atoms with van der Waals surface area (Å²) in [5.41, 5.74) is -0.161. The van der Waals surface area contributed by atoms with E-state index in [2.05, 4.69) is 15.6 Å². The first-order chi connectivity index (χ1) is 20.2. The molecule has 1 aliphatic rings. The number of aliphatic carboxylic acids is 1. The van der Waals surface area contributed by atoms with E-state index in [1.54, 1.807) is 42.5 Å². The number of hydrogen-bond donors (Lipinski definition) is 3. The van der Waals surface area contributed by atoms with E-state index in [-0.39, 0.29) is 56.1 Å². The van der Waals surface area contributed by atoms with Crippen LogP contribution in [-0.2, 0) is 14.4 Å². The quantitative estimate of drug-likeness (QED) is 0.140. The average Bonchev–Trinajstić information content (AvgIpc) is 3.77. The predicted molar refractivity (Wildman–Crippen MR) is 161 cm³/mol. The zero-order chi connectivity index (χ0) is 29.9. The summed E-state index contributed by atoms with van der Waals surface area (Å²) in [5, 5.41) is 15.2. The van der Waals surface area contributed by atoms with Crippen molar-refractivity contribution in [2.75, 3.05) is 24.4 Å². The van der Waals surface area contributed by atoms with Gasteiger partial charge in [-0.25, -0.2) is 4.39 Å². The van der Waals surface area contributed by atoms with Gasteiger partial charge in [0.15, 0.2) is 23.1 Å². The summed E-state index contributed by atoms with van der Waals surface area (Å²) in [6, 6.07) is 15.3. The number of ether oxygens (including phenoxy) is 3. The number of rotatable bonds is 11. The molecule has 2 amide bonds. The molecule has 1 heterocycles. The van der Waals surface area contributed by atoms with Crippen LogP contribution in [0.25, 0.3) is 10.9 Å².